The van der Waals surface area contributed by atoms with Gasteiger partial charge in [-0.15, -0.1) is 0 Å². The number of nitrogen functional groups attached to an aromatic ring is 1. The number of nitrogens with one attached hydrogen (secondary N) is 1. The van der Waals surface area contributed by atoms with Crippen LogP contribution in [0.15, 0.2) is 61.3 Å². The van der Waals surface area contributed by atoms with E-state index in [1.807, 2.05) is 6.92 Å². The molecule has 1 amide bonds. The van der Waals surface area contributed by atoms with Crippen molar-refractivity contribution in [3.05, 3.63) is 95.0 Å². The molecule has 2 aromatic carbocycles. The number of hydrogen-bond acceptors (Lipinski definition) is 5. The summed E-state index contributed by atoms with van der Waals surface area (Å²) < 4.78 is 42.0. The zero-order chi connectivity index (χ0) is 25.2. The molecule has 0 unspecified atom stereocenters. The number of anilines is 2. The van der Waals surface area contributed by atoms with Gasteiger partial charge in [0, 0.05) is 23.1 Å². The quantitative estimate of drug-likeness (QED) is 0.405. The molecular formula is C25H21F3N6O. The lowest BCUT2D eigenvalue weighted by molar-refractivity contribution is -0.137. The average molecular weight is 478 g/mol. The fraction of sp³-hybridized carbons (Fsp3) is 0.120. The number of aryl methyl sites for hydroxylation is 2. The lowest BCUT2D eigenvalue weighted by Crippen LogP contribution is -2.15. The zero-order valence-corrected chi connectivity index (χ0v) is 18.8. The second-order valence-electron chi connectivity index (χ2n) is 7.91. The maximum Gasteiger partial charge on any atom is 0.416 e. The number of rotatable bonds is 5. The smallest absolute Gasteiger partial charge is 0.382 e. The third-order valence-electron chi connectivity index (χ3n) is 5.18. The maximum absolute atomic E-state index is 13.5. The lowest BCUT2D eigenvalue weighted by Gasteiger charge is -2.13. The van der Waals surface area contributed by atoms with Crippen LogP contribution in [0.25, 0.3) is 17.8 Å². The van der Waals surface area contributed by atoms with Crippen molar-refractivity contribution >= 4 is 29.6 Å². The molecule has 0 radical (unpaired) electrons. The second kappa shape index (κ2) is 9.41. The Morgan fingerprint density at radius 2 is 1.83 bits per heavy atom. The van der Waals surface area contributed by atoms with Crippen molar-refractivity contribution < 1.29 is 18.0 Å². The van der Waals surface area contributed by atoms with Crippen molar-refractivity contribution in [1.82, 2.24) is 19.5 Å². The van der Waals surface area contributed by atoms with Crippen molar-refractivity contribution in [3.63, 3.8) is 0 Å². The molecule has 0 saturated carbocycles. The number of aromatic nitrogens is 4. The molecule has 0 atom stereocenters. The van der Waals surface area contributed by atoms with Crippen molar-refractivity contribution in [2.45, 2.75) is 20.0 Å². The molecule has 0 aliphatic rings. The van der Waals surface area contributed by atoms with Gasteiger partial charge < -0.3 is 15.6 Å². The van der Waals surface area contributed by atoms with Gasteiger partial charge in [-0.3, -0.25) is 9.78 Å². The summed E-state index contributed by atoms with van der Waals surface area (Å²) in [5.74, 6) is -0.360. The highest BCUT2D eigenvalue weighted by Crippen LogP contribution is 2.32. The van der Waals surface area contributed by atoms with Gasteiger partial charge in [-0.2, -0.15) is 13.2 Å². The number of nitrogens with two attached hydrogens (primary N) is 1. The number of alkyl halides is 3. The first-order valence-corrected chi connectivity index (χ1v) is 10.5. The number of imidazole rings is 1. The van der Waals surface area contributed by atoms with Gasteiger partial charge in [0.2, 0.25) is 0 Å². The van der Waals surface area contributed by atoms with Gasteiger partial charge in [-0.05, 0) is 61.4 Å². The zero-order valence-electron chi connectivity index (χ0n) is 18.8. The Morgan fingerprint density at radius 1 is 1.03 bits per heavy atom. The number of halogens is 3. The fourth-order valence-corrected chi connectivity index (χ4v) is 3.33. The number of hydrogen-bond donors (Lipinski definition) is 2. The Hall–Kier alpha value is -4.47. The SMILES string of the molecule is Cc1cn(-c2cc(C(=O)Nc3ccc(C)c(/C=C/c4cnc(N)cn4)c3)cc(C(F)(F)F)c2)cn1. The molecule has 2 heterocycles. The van der Waals surface area contributed by atoms with E-state index in [0.717, 1.165) is 23.3 Å². The first-order valence-electron chi connectivity index (χ1n) is 10.5. The first-order chi connectivity index (χ1) is 16.6. The van der Waals surface area contributed by atoms with Gasteiger partial charge in [0.1, 0.15) is 5.82 Å². The van der Waals surface area contributed by atoms with E-state index >= 15 is 0 Å². The summed E-state index contributed by atoms with van der Waals surface area (Å²) in [7, 11) is 0. The van der Waals surface area contributed by atoms with E-state index < -0.39 is 17.6 Å². The van der Waals surface area contributed by atoms with Gasteiger partial charge in [0.25, 0.3) is 5.91 Å². The Balaban J connectivity index is 1.62. The summed E-state index contributed by atoms with van der Waals surface area (Å²) in [6, 6.07) is 8.41. The van der Waals surface area contributed by atoms with Crippen LogP contribution >= 0.6 is 0 Å². The van der Waals surface area contributed by atoms with Crippen LogP contribution in [0, 0.1) is 13.8 Å². The largest absolute Gasteiger partial charge is 0.416 e. The monoisotopic (exact) mass is 478 g/mol. The maximum atomic E-state index is 13.5. The Labute approximate surface area is 199 Å². The number of carbonyl (C=O) groups is 1. The highest BCUT2D eigenvalue weighted by atomic mass is 19.4. The third kappa shape index (κ3) is 5.72. The molecule has 2 aromatic heterocycles. The summed E-state index contributed by atoms with van der Waals surface area (Å²) in [4.78, 5) is 25.1. The highest BCUT2D eigenvalue weighted by molar-refractivity contribution is 6.05. The minimum absolute atomic E-state index is 0.129. The van der Waals surface area contributed by atoms with Gasteiger partial charge in [-0.25, -0.2) is 9.97 Å². The molecule has 0 aliphatic carbocycles. The molecule has 0 aliphatic heterocycles. The van der Waals surface area contributed by atoms with Gasteiger partial charge in [-0.1, -0.05) is 12.1 Å². The molecule has 3 N–H and O–H groups in total. The highest BCUT2D eigenvalue weighted by Gasteiger charge is 2.32. The van der Waals surface area contributed by atoms with Crippen LogP contribution in [-0.4, -0.2) is 25.4 Å². The van der Waals surface area contributed by atoms with Gasteiger partial charge in [0.15, 0.2) is 0 Å². The summed E-state index contributed by atoms with van der Waals surface area (Å²) >= 11 is 0. The number of nitrogens with zero attached hydrogens (tertiary/aromatic N) is 4. The molecule has 0 bridgehead atoms. The van der Waals surface area contributed by atoms with E-state index in [1.54, 1.807) is 43.5 Å². The van der Waals surface area contributed by atoms with Gasteiger partial charge in [0.05, 0.1) is 35.7 Å². The van der Waals surface area contributed by atoms with E-state index in [1.165, 1.54) is 29.4 Å². The van der Waals surface area contributed by atoms with Crippen LogP contribution in [0.4, 0.5) is 24.7 Å². The normalized spacial score (nSPS) is 11.7. The minimum Gasteiger partial charge on any atom is -0.382 e. The topological polar surface area (TPSA) is 98.7 Å². The molecule has 4 aromatic rings. The number of carbonyl (C=O) groups excluding carboxylic acids is 1. The van der Waals surface area contributed by atoms with Crippen molar-refractivity contribution in [2.24, 2.45) is 0 Å². The molecular weight excluding hydrogens is 457 g/mol. The van der Waals surface area contributed by atoms with Gasteiger partial charge >= 0.3 is 6.18 Å². The van der Waals surface area contributed by atoms with E-state index in [0.29, 0.717) is 22.9 Å². The van der Waals surface area contributed by atoms with Crippen molar-refractivity contribution in [1.29, 1.82) is 0 Å². The van der Waals surface area contributed by atoms with Crippen LogP contribution in [0.3, 0.4) is 0 Å². The van der Waals surface area contributed by atoms with E-state index in [9.17, 15) is 18.0 Å². The minimum atomic E-state index is -4.62. The summed E-state index contributed by atoms with van der Waals surface area (Å²) in [5.41, 5.74) is 8.06. The number of amides is 1. The average Bonchev–Trinajstić information content (AvgIpc) is 3.26. The van der Waals surface area contributed by atoms with Crippen LogP contribution in [0.5, 0.6) is 0 Å². The lowest BCUT2D eigenvalue weighted by atomic mass is 10.1. The molecule has 0 saturated heterocycles. The van der Waals surface area contributed by atoms with Crippen LogP contribution in [0.1, 0.15) is 38.4 Å². The Morgan fingerprint density at radius 3 is 2.49 bits per heavy atom. The predicted octanol–water partition coefficient (Wildman–Crippen LogP) is 5.30. The second-order valence-corrected chi connectivity index (χ2v) is 7.91. The predicted molar refractivity (Wildman–Crippen MR) is 128 cm³/mol. The molecule has 35 heavy (non-hydrogen) atoms. The van der Waals surface area contributed by atoms with E-state index in [-0.39, 0.29) is 11.3 Å². The molecule has 7 nitrogen and oxygen atoms in total. The fourth-order valence-electron chi connectivity index (χ4n) is 3.33. The Bertz CT molecular complexity index is 1410. The van der Waals surface area contributed by atoms with Crippen molar-refractivity contribution in [2.75, 3.05) is 11.1 Å². The third-order valence-corrected chi connectivity index (χ3v) is 5.18. The van der Waals surface area contributed by atoms with E-state index in [2.05, 4.69) is 20.3 Å². The summed E-state index contributed by atoms with van der Waals surface area (Å²) in [6.45, 7) is 3.62. The standard InChI is InChI=1S/C25H21F3N6O/c1-15-3-5-20(8-17(15)4-6-21-11-31-23(29)12-30-21)33-24(35)18-7-19(25(26,27)28)10-22(9-18)34-13-16(2)32-14-34/h3-14H,1-2H3,(H2,29,31)(H,33,35)/b6-4+. The summed E-state index contributed by atoms with van der Waals surface area (Å²) in [6.07, 6.45) is 4.88. The van der Waals surface area contributed by atoms with Crippen LogP contribution in [0.2, 0.25) is 0 Å². The Kier molecular flexibility index (Phi) is 6.37. The molecule has 0 fully saturated rings. The molecule has 10 heteroatoms. The summed E-state index contributed by atoms with van der Waals surface area (Å²) in [5, 5.41) is 2.68. The van der Waals surface area contributed by atoms with Crippen LogP contribution < -0.4 is 11.1 Å². The van der Waals surface area contributed by atoms with Crippen LogP contribution in [-0.2, 0) is 6.18 Å². The molecule has 178 valence electrons. The molecule has 4 rings (SSSR count). The van der Waals surface area contributed by atoms with E-state index in [4.69, 9.17) is 5.73 Å². The first kappa shape index (κ1) is 23.7. The molecule has 0 spiro atoms. The van der Waals surface area contributed by atoms with Crippen molar-refractivity contribution in [3.8, 4) is 5.69 Å². The number of benzene rings is 2.